The molecule has 1 aliphatic carbocycles. The third-order valence-corrected chi connectivity index (χ3v) is 5.71. The summed E-state index contributed by atoms with van der Waals surface area (Å²) in [5.41, 5.74) is 0.604. The minimum atomic E-state index is -0.235. The number of rotatable bonds is 7. The molecule has 1 atom stereocenters. The summed E-state index contributed by atoms with van der Waals surface area (Å²) in [6, 6.07) is 8.07. The highest BCUT2D eigenvalue weighted by molar-refractivity contribution is 5.89. The summed E-state index contributed by atoms with van der Waals surface area (Å²) in [6.45, 7) is 4.98. The predicted molar refractivity (Wildman–Crippen MR) is 117 cm³/mol. The highest BCUT2D eigenvalue weighted by atomic mass is 16.5. The Hall–Kier alpha value is -1.55. The molecule has 0 bridgehead atoms. The second kappa shape index (κ2) is 12.8. The van der Waals surface area contributed by atoms with Crippen LogP contribution >= 0.6 is 0 Å². The van der Waals surface area contributed by atoms with Gasteiger partial charge in [0.25, 0.3) is 0 Å². The number of hydrogen-bond donors (Lipinski definition) is 0. The summed E-state index contributed by atoms with van der Waals surface area (Å²) >= 11 is 0. The molecule has 160 valence electrons. The summed E-state index contributed by atoms with van der Waals surface area (Å²) in [4.78, 5) is 14.7. The van der Waals surface area contributed by atoms with Crippen molar-refractivity contribution in [3.63, 3.8) is 0 Å². The molecule has 3 rings (SSSR count). The Morgan fingerprint density at radius 3 is 2.36 bits per heavy atom. The SMILES string of the molecule is C.C.CC1CCCCN1CCCOC(=O)c1ccc(OC2CCCCC2)cc1. The lowest BCUT2D eigenvalue weighted by molar-refractivity contribution is 0.0475. The molecule has 2 fully saturated rings. The fraction of sp³-hybridized carbons (Fsp3) is 0.708. The van der Waals surface area contributed by atoms with Gasteiger partial charge < -0.3 is 14.4 Å². The van der Waals surface area contributed by atoms with E-state index in [0.29, 0.717) is 24.3 Å². The van der Waals surface area contributed by atoms with Crippen molar-refractivity contribution in [2.75, 3.05) is 19.7 Å². The van der Waals surface area contributed by atoms with E-state index < -0.39 is 0 Å². The van der Waals surface area contributed by atoms with Crippen molar-refractivity contribution in [1.29, 1.82) is 0 Å². The van der Waals surface area contributed by atoms with Gasteiger partial charge in [-0.1, -0.05) is 27.7 Å². The highest BCUT2D eigenvalue weighted by Crippen LogP contribution is 2.23. The van der Waals surface area contributed by atoms with E-state index in [0.717, 1.165) is 31.6 Å². The minimum Gasteiger partial charge on any atom is -0.490 e. The van der Waals surface area contributed by atoms with Crippen LogP contribution in [0, 0.1) is 0 Å². The molecule has 0 amide bonds. The lowest BCUT2D eigenvalue weighted by Gasteiger charge is -2.33. The fourth-order valence-electron chi connectivity index (χ4n) is 4.05. The van der Waals surface area contributed by atoms with Crippen LogP contribution in [-0.4, -0.2) is 42.7 Å². The first kappa shape index (κ1) is 24.5. The summed E-state index contributed by atoms with van der Waals surface area (Å²) in [5.74, 6) is 0.619. The van der Waals surface area contributed by atoms with Gasteiger partial charge in [0.2, 0.25) is 0 Å². The first-order valence-electron chi connectivity index (χ1n) is 10.4. The molecule has 1 aliphatic heterocycles. The van der Waals surface area contributed by atoms with Crippen LogP contribution in [0.2, 0.25) is 0 Å². The Kier molecular flexibility index (Phi) is 11.2. The lowest BCUT2D eigenvalue weighted by atomic mass is 9.98. The largest absolute Gasteiger partial charge is 0.490 e. The van der Waals surface area contributed by atoms with Crippen LogP contribution in [0.25, 0.3) is 0 Å². The quantitative estimate of drug-likeness (QED) is 0.416. The van der Waals surface area contributed by atoms with Crippen LogP contribution < -0.4 is 4.74 Å². The number of carbonyl (C=O) groups is 1. The maximum Gasteiger partial charge on any atom is 0.338 e. The average Bonchev–Trinajstić information content (AvgIpc) is 2.68. The van der Waals surface area contributed by atoms with Gasteiger partial charge in [0.15, 0.2) is 0 Å². The van der Waals surface area contributed by atoms with E-state index in [1.807, 2.05) is 24.3 Å². The van der Waals surface area contributed by atoms with Gasteiger partial charge in [-0.15, -0.1) is 0 Å². The third kappa shape index (κ3) is 7.46. The molecular weight excluding hydrogens is 350 g/mol. The summed E-state index contributed by atoms with van der Waals surface area (Å²) in [6.07, 6.45) is 11.3. The van der Waals surface area contributed by atoms with Crippen LogP contribution in [0.3, 0.4) is 0 Å². The van der Waals surface area contributed by atoms with Crippen molar-refractivity contribution in [3.8, 4) is 5.75 Å². The summed E-state index contributed by atoms with van der Waals surface area (Å²) in [7, 11) is 0. The van der Waals surface area contributed by atoms with Gasteiger partial charge in [-0.05, 0) is 82.7 Å². The smallest absolute Gasteiger partial charge is 0.338 e. The normalized spacial score (nSPS) is 20.5. The van der Waals surface area contributed by atoms with Gasteiger partial charge >= 0.3 is 5.97 Å². The van der Waals surface area contributed by atoms with Crippen molar-refractivity contribution in [3.05, 3.63) is 29.8 Å². The Morgan fingerprint density at radius 2 is 1.68 bits per heavy atom. The number of nitrogens with zero attached hydrogens (tertiary/aromatic N) is 1. The molecule has 0 aromatic heterocycles. The van der Waals surface area contributed by atoms with Gasteiger partial charge in [-0.2, -0.15) is 0 Å². The monoisotopic (exact) mass is 391 g/mol. The molecule has 1 unspecified atom stereocenters. The number of esters is 1. The molecule has 0 N–H and O–H groups in total. The predicted octanol–water partition coefficient (Wildman–Crippen LogP) is 6.09. The molecular formula is C24H41NO3. The Morgan fingerprint density at radius 1 is 1.00 bits per heavy atom. The summed E-state index contributed by atoms with van der Waals surface area (Å²) in [5, 5.41) is 0. The first-order chi connectivity index (χ1) is 12.7. The topological polar surface area (TPSA) is 38.8 Å². The number of likely N-dealkylation sites (tertiary alicyclic amines) is 1. The zero-order chi connectivity index (χ0) is 18.2. The zero-order valence-electron chi connectivity index (χ0n) is 16.1. The molecule has 28 heavy (non-hydrogen) atoms. The maximum absolute atomic E-state index is 12.2. The molecule has 1 aromatic carbocycles. The van der Waals surface area contributed by atoms with E-state index in [4.69, 9.17) is 9.47 Å². The maximum atomic E-state index is 12.2. The van der Waals surface area contributed by atoms with Gasteiger partial charge in [0.1, 0.15) is 5.75 Å². The number of benzene rings is 1. The van der Waals surface area contributed by atoms with Crippen molar-refractivity contribution < 1.29 is 14.3 Å². The van der Waals surface area contributed by atoms with Crippen molar-refractivity contribution in [1.82, 2.24) is 4.90 Å². The Bertz CT molecular complexity index is 551. The van der Waals surface area contributed by atoms with Crippen LogP contribution in [0.1, 0.15) is 89.9 Å². The second-order valence-corrected chi connectivity index (χ2v) is 7.77. The van der Waals surface area contributed by atoms with Gasteiger partial charge in [-0.3, -0.25) is 0 Å². The van der Waals surface area contributed by atoms with E-state index in [1.165, 1.54) is 45.1 Å². The molecule has 4 heteroatoms. The first-order valence-corrected chi connectivity index (χ1v) is 10.4. The van der Waals surface area contributed by atoms with E-state index in [-0.39, 0.29) is 20.8 Å². The van der Waals surface area contributed by atoms with E-state index in [1.54, 1.807) is 0 Å². The standard InChI is InChI=1S/C22H33NO3.2CH4/c1-18-8-5-6-15-23(18)16-7-17-25-22(24)19-11-13-21(14-12-19)26-20-9-3-2-4-10-20;;/h11-14,18,20H,2-10,15-17H2,1H3;2*1H4. The van der Waals surface area contributed by atoms with Gasteiger partial charge in [-0.25, -0.2) is 4.79 Å². The zero-order valence-corrected chi connectivity index (χ0v) is 16.1. The number of ether oxygens (including phenoxy) is 2. The van der Waals surface area contributed by atoms with E-state index >= 15 is 0 Å². The molecule has 1 heterocycles. The lowest BCUT2D eigenvalue weighted by Crippen LogP contribution is -2.38. The van der Waals surface area contributed by atoms with E-state index in [2.05, 4.69) is 11.8 Å². The van der Waals surface area contributed by atoms with Crippen molar-refractivity contribution in [2.45, 2.75) is 91.7 Å². The average molecular weight is 392 g/mol. The van der Waals surface area contributed by atoms with E-state index in [9.17, 15) is 4.79 Å². The van der Waals surface area contributed by atoms with Crippen LogP contribution in [0.5, 0.6) is 5.75 Å². The van der Waals surface area contributed by atoms with Gasteiger partial charge in [0.05, 0.1) is 18.3 Å². The third-order valence-electron chi connectivity index (χ3n) is 5.71. The Balaban J connectivity index is 0.00000196. The molecule has 0 radical (unpaired) electrons. The van der Waals surface area contributed by atoms with Crippen molar-refractivity contribution >= 4 is 5.97 Å². The molecule has 1 aromatic rings. The Labute approximate surface area is 172 Å². The molecule has 0 spiro atoms. The minimum absolute atomic E-state index is 0. The highest BCUT2D eigenvalue weighted by Gasteiger charge is 2.18. The molecule has 4 nitrogen and oxygen atoms in total. The molecule has 1 saturated heterocycles. The van der Waals surface area contributed by atoms with Crippen LogP contribution in [-0.2, 0) is 4.74 Å². The van der Waals surface area contributed by atoms with Crippen LogP contribution in [0.4, 0.5) is 0 Å². The molecule has 1 saturated carbocycles. The number of piperidine rings is 1. The van der Waals surface area contributed by atoms with Crippen molar-refractivity contribution in [2.24, 2.45) is 0 Å². The fourth-order valence-corrected chi connectivity index (χ4v) is 4.05. The number of hydrogen-bond acceptors (Lipinski definition) is 4. The molecule has 2 aliphatic rings. The second-order valence-electron chi connectivity index (χ2n) is 7.77. The summed E-state index contributed by atoms with van der Waals surface area (Å²) < 4.78 is 11.4. The van der Waals surface area contributed by atoms with Gasteiger partial charge in [0, 0.05) is 12.6 Å². The van der Waals surface area contributed by atoms with Crippen LogP contribution in [0.15, 0.2) is 24.3 Å². The number of carbonyl (C=O) groups excluding carboxylic acids is 1.